The Balaban J connectivity index is 1.69. The van der Waals surface area contributed by atoms with Gasteiger partial charge in [0.15, 0.2) is 5.78 Å². The number of hydrogen-bond acceptors (Lipinski definition) is 3. The van der Waals surface area contributed by atoms with E-state index in [0.29, 0.717) is 6.54 Å². The quantitative estimate of drug-likeness (QED) is 0.602. The van der Waals surface area contributed by atoms with Crippen molar-refractivity contribution in [3.8, 4) is 0 Å². The fourth-order valence-corrected chi connectivity index (χ4v) is 2.39. The third kappa shape index (κ3) is 5.36. The zero-order valence-corrected chi connectivity index (χ0v) is 13.7. The largest absolute Gasteiger partial charge is 0.356 e. The molecule has 0 spiro atoms. The lowest BCUT2D eigenvalue weighted by Gasteiger charge is -2.07. The number of hydrogen-bond donors (Lipinski definition) is 1. The lowest BCUT2D eigenvalue weighted by Crippen LogP contribution is -2.25. The fraction of sp³-hybridized carbons (Fsp3) is 0.389. The lowest BCUT2D eigenvalue weighted by atomic mass is 9.99. The minimum Gasteiger partial charge on any atom is -0.356 e. The van der Waals surface area contributed by atoms with Gasteiger partial charge in [-0.15, -0.1) is 0 Å². The number of nitrogens with zero attached hydrogens (tertiary/aromatic N) is 2. The Morgan fingerprint density at radius 3 is 2.78 bits per heavy atom. The molecule has 0 saturated carbocycles. The van der Waals surface area contributed by atoms with Gasteiger partial charge in [-0.05, 0) is 31.9 Å². The maximum atomic E-state index is 12.2. The van der Waals surface area contributed by atoms with Crippen molar-refractivity contribution in [2.24, 2.45) is 0 Å². The van der Waals surface area contributed by atoms with E-state index in [1.54, 1.807) is 12.5 Å². The summed E-state index contributed by atoms with van der Waals surface area (Å²) < 4.78 is 1.97. The Morgan fingerprint density at radius 2 is 2.04 bits per heavy atom. The molecule has 0 aliphatic heterocycles. The number of nitrogens with one attached hydrogen (secondary N) is 1. The molecule has 1 N–H and O–H groups in total. The van der Waals surface area contributed by atoms with Gasteiger partial charge in [-0.25, -0.2) is 4.98 Å². The Labute approximate surface area is 136 Å². The average molecular weight is 313 g/mol. The summed E-state index contributed by atoms with van der Waals surface area (Å²) in [6.45, 7) is 5.31. The zero-order valence-electron chi connectivity index (χ0n) is 13.7. The number of carbonyl (C=O) groups excluding carboxylic acids is 2. The van der Waals surface area contributed by atoms with Crippen LogP contribution in [0.25, 0.3) is 0 Å². The molecule has 5 heteroatoms. The topological polar surface area (TPSA) is 64.0 Å². The zero-order chi connectivity index (χ0) is 16.7. The molecule has 1 amide bonds. The smallest absolute Gasteiger partial charge is 0.220 e. The second-order valence-electron chi connectivity index (χ2n) is 5.75. The van der Waals surface area contributed by atoms with Crippen LogP contribution in [0.15, 0.2) is 36.9 Å². The summed E-state index contributed by atoms with van der Waals surface area (Å²) in [5.41, 5.74) is 2.74. The van der Waals surface area contributed by atoms with Gasteiger partial charge in [0.1, 0.15) is 0 Å². The first-order valence-corrected chi connectivity index (χ1v) is 7.89. The second-order valence-corrected chi connectivity index (χ2v) is 5.75. The second kappa shape index (κ2) is 8.27. The van der Waals surface area contributed by atoms with Crippen LogP contribution in [0.4, 0.5) is 0 Å². The van der Waals surface area contributed by atoms with Crippen LogP contribution in [-0.2, 0) is 11.3 Å². The van der Waals surface area contributed by atoms with Crippen LogP contribution in [0, 0.1) is 13.8 Å². The number of aromatic nitrogens is 2. The number of ketones is 1. The highest BCUT2D eigenvalue weighted by Crippen LogP contribution is 2.13. The Kier molecular flexibility index (Phi) is 6.09. The molecule has 0 saturated heterocycles. The van der Waals surface area contributed by atoms with Gasteiger partial charge in [0.2, 0.25) is 5.91 Å². The highest BCUT2D eigenvalue weighted by molar-refractivity contribution is 5.99. The Hall–Kier alpha value is -2.43. The summed E-state index contributed by atoms with van der Waals surface area (Å²) in [5, 5.41) is 2.85. The van der Waals surface area contributed by atoms with E-state index in [1.165, 1.54) is 0 Å². The van der Waals surface area contributed by atoms with Crippen molar-refractivity contribution in [2.75, 3.05) is 6.54 Å². The van der Waals surface area contributed by atoms with E-state index in [9.17, 15) is 9.59 Å². The van der Waals surface area contributed by atoms with Crippen LogP contribution in [0.1, 0.15) is 40.7 Å². The summed E-state index contributed by atoms with van der Waals surface area (Å²) in [6, 6.07) is 5.82. The molecular formula is C18H23N3O2. The number of imidazole rings is 1. The van der Waals surface area contributed by atoms with Crippen molar-refractivity contribution in [1.29, 1.82) is 0 Å². The van der Waals surface area contributed by atoms with Crippen molar-refractivity contribution in [3.05, 3.63) is 53.6 Å². The van der Waals surface area contributed by atoms with Gasteiger partial charge in [0.05, 0.1) is 6.33 Å². The summed E-state index contributed by atoms with van der Waals surface area (Å²) in [4.78, 5) is 28.0. The van der Waals surface area contributed by atoms with E-state index in [4.69, 9.17) is 0 Å². The summed E-state index contributed by atoms with van der Waals surface area (Å²) >= 11 is 0. The number of amides is 1. The first-order chi connectivity index (χ1) is 11.1. The Morgan fingerprint density at radius 1 is 1.22 bits per heavy atom. The van der Waals surface area contributed by atoms with Crippen LogP contribution in [0.2, 0.25) is 0 Å². The normalized spacial score (nSPS) is 10.5. The highest BCUT2D eigenvalue weighted by atomic mass is 16.2. The van der Waals surface area contributed by atoms with E-state index in [0.717, 1.165) is 29.7 Å². The average Bonchev–Trinajstić information content (AvgIpc) is 3.05. The molecular weight excluding hydrogens is 290 g/mol. The molecule has 2 rings (SSSR count). The maximum Gasteiger partial charge on any atom is 0.220 e. The predicted octanol–water partition coefficient (Wildman–Crippen LogP) is 2.67. The monoisotopic (exact) mass is 313 g/mol. The van der Waals surface area contributed by atoms with Crippen LogP contribution < -0.4 is 5.32 Å². The third-order valence-electron chi connectivity index (χ3n) is 3.75. The molecule has 0 aliphatic carbocycles. The van der Waals surface area contributed by atoms with E-state index in [2.05, 4.69) is 10.3 Å². The minimum absolute atomic E-state index is 0.0276. The standard InChI is InChI=1S/C18H23N3O2/c1-14-4-5-15(2)16(12-14)17(22)6-7-18(23)20-8-3-10-21-11-9-19-13-21/h4-5,9,11-13H,3,6-8,10H2,1-2H3,(H,20,23). The van der Waals surface area contributed by atoms with Gasteiger partial charge < -0.3 is 9.88 Å². The number of aryl methyl sites for hydroxylation is 3. The molecule has 0 unspecified atom stereocenters. The van der Waals surface area contributed by atoms with Gasteiger partial charge in [0.25, 0.3) is 0 Å². The predicted molar refractivity (Wildman–Crippen MR) is 89.3 cm³/mol. The SMILES string of the molecule is Cc1ccc(C)c(C(=O)CCC(=O)NCCCn2ccnc2)c1. The molecule has 5 nitrogen and oxygen atoms in total. The van der Waals surface area contributed by atoms with Crippen LogP contribution >= 0.6 is 0 Å². The molecule has 0 bridgehead atoms. The summed E-state index contributed by atoms with van der Waals surface area (Å²) in [5.74, 6) is -0.0472. The van der Waals surface area contributed by atoms with Crippen LogP contribution in [0.5, 0.6) is 0 Å². The number of Topliss-reactive ketones (excluding diaryl/α,β-unsaturated/α-hetero) is 1. The van der Waals surface area contributed by atoms with Crippen molar-refractivity contribution in [3.63, 3.8) is 0 Å². The molecule has 122 valence electrons. The molecule has 1 aromatic heterocycles. The molecule has 23 heavy (non-hydrogen) atoms. The minimum atomic E-state index is -0.0747. The van der Waals surface area contributed by atoms with Crippen LogP contribution in [-0.4, -0.2) is 27.8 Å². The first kappa shape index (κ1) is 16.9. The van der Waals surface area contributed by atoms with Gasteiger partial charge >= 0.3 is 0 Å². The van der Waals surface area contributed by atoms with Crippen molar-refractivity contribution < 1.29 is 9.59 Å². The lowest BCUT2D eigenvalue weighted by molar-refractivity contribution is -0.121. The van der Waals surface area contributed by atoms with Gasteiger partial charge in [-0.3, -0.25) is 9.59 Å². The van der Waals surface area contributed by atoms with Gasteiger partial charge in [-0.2, -0.15) is 0 Å². The summed E-state index contributed by atoms with van der Waals surface area (Å²) in [7, 11) is 0. The number of carbonyl (C=O) groups is 2. The van der Waals surface area contributed by atoms with Gasteiger partial charge in [0, 0.05) is 43.9 Å². The maximum absolute atomic E-state index is 12.2. The fourth-order valence-electron chi connectivity index (χ4n) is 2.39. The molecule has 2 aromatic rings. The molecule has 0 aliphatic rings. The third-order valence-corrected chi connectivity index (χ3v) is 3.75. The van der Waals surface area contributed by atoms with E-state index in [-0.39, 0.29) is 24.5 Å². The Bertz CT molecular complexity index is 663. The molecule has 0 atom stereocenters. The molecule has 1 heterocycles. The molecule has 0 radical (unpaired) electrons. The first-order valence-electron chi connectivity index (χ1n) is 7.89. The van der Waals surface area contributed by atoms with Crippen molar-refractivity contribution in [1.82, 2.24) is 14.9 Å². The molecule has 1 aromatic carbocycles. The van der Waals surface area contributed by atoms with E-state index >= 15 is 0 Å². The van der Waals surface area contributed by atoms with E-state index < -0.39 is 0 Å². The molecule has 0 fully saturated rings. The van der Waals surface area contributed by atoms with Crippen molar-refractivity contribution in [2.45, 2.75) is 39.7 Å². The highest BCUT2D eigenvalue weighted by Gasteiger charge is 2.11. The van der Waals surface area contributed by atoms with E-state index in [1.807, 2.05) is 42.8 Å². The summed E-state index contributed by atoms with van der Waals surface area (Å²) in [6.07, 6.45) is 6.70. The van der Waals surface area contributed by atoms with Gasteiger partial charge in [-0.1, -0.05) is 17.7 Å². The van der Waals surface area contributed by atoms with Crippen LogP contribution in [0.3, 0.4) is 0 Å². The number of rotatable bonds is 8. The number of benzene rings is 1. The van der Waals surface area contributed by atoms with Crippen molar-refractivity contribution >= 4 is 11.7 Å².